The third-order valence-electron chi connectivity index (χ3n) is 4.54. The molecule has 0 aliphatic carbocycles. The summed E-state index contributed by atoms with van der Waals surface area (Å²) < 4.78 is 7.56. The highest BCUT2D eigenvalue weighted by molar-refractivity contribution is 7.98. The maximum atomic E-state index is 5.46. The Kier molecular flexibility index (Phi) is 6.30. The van der Waals surface area contributed by atoms with Gasteiger partial charge >= 0.3 is 0 Å². The first-order chi connectivity index (χ1) is 14.7. The van der Waals surface area contributed by atoms with E-state index in [2.05, 4.69) is 51.8 Å². The van der Waals surface area contributed by atoms with Crippen LogP contribution in [0.1, 0.15) is 11.3 Å². The molecule has 7 heteroatoms. The largest absolute Gasteiger partial charge is 0.496 e. The quantitative estimate of drug-likeness (QED) is 0.257. The molecule has 2 aromatic carbocycles. The average Bonchev–Trinajstić information content (AvgIpc) is 3.40. The lowest BCUT2D eigenvalue weighted by Gasteiger charge is -2.08. The van der Waals surface area contributed by atoms with E-state index >= 15 is 0 Å². The molecule has 4 aromatic rings. The Bertz CT molecular complexity index is 1170. The van der Waals surface area contributed by atoms with Crippen LogP contribution in [-0.4, -0.2) is 26.9 Å². The lowest BCUT2D eigenvalue weighted by Crippen LogP contribution is -2.01. The van der Waals surface area contributed by atoms with Crippen molar-refractivity contribution in [1.82, 2.24) is 19.7 Å². The number of aromatic nitrogens is 4. The van der Waals surface area contributed by atoms with Crippen LogP contribution >= 0.6 is 23.1 Å². The fourth-order valence-electron chi connectivity index (χ4n) is 3.14. The summed E-state index contributed by atoms with van der Waals surface area (Å²) in [4.78, 5) is 4.80. The Hall–Kier alpha value is -2.90. The highest BCUT2D eigenvalue weighted by Crippen LogP contribution is 2.33. The number of allylic oxidation sites excluding steroid dienone is 1. The van der Waals surface area contributed by atoms with Gasteiger partial charge in [-0.3, -0.25) is 4.57 Å². The molecule has 0 bridgehead atoms. The topological polar surface area (TPSA) is 52.8 Å². The summed E-state index contributed by atoms with van der Waals surface area (Å²) in [5, 5.41) is 12.8. The molecule has 0 N–H and O–H groups in total. The summed E-state index contributed by atoms with van der Waals surface area (Å²) >= 11 is 3.25. The first-order valence-corrected chi connectivity index (χ1v) is 11.4. The molecule has 152 valence electrons. The van der Waals surface area contributed by atoms with Crippen molar-refractivity contribution in [2.75, 3.05) is 7.11 Å². The van der Waals surface area contributed by atoms with Crippen molar-refractivity contribution in [3.63, 3.8) is 0 Å². The third kappa shape index (κ3) is 4.32. The third-order valence-corrected chi connectivity index (χ3v) is 6.47. The van der Waals surface area contributed by atoms with E-state index in [1.807, 2.05) is 36.4 Å². The van der Waals surface area contributed by atoms with Crippen LogP contribution in [0.3, 0.4) is 0 Å². The number of aryl methyl sites for hydroxylation is 1. The molecular formula is C23H22N4OS2. The highest BCUT2D eigenvalue weighted by Gasteiger charge is 2.15. The summed E-state index contributed by atoms with van der Waals surface area (Å²) in [6, 6.07) is 16.2. The van der Waals surface area contributed by atoms with Crippen LogP contribution in [0.15, 0.2) is 71.7 Å². The average molecular weight is 435 g/mol. The predicted octanol–water partition coefficient (Wildman–Crippen LogP) is 5.86. The second-order valence-corrected chi connectivity index (χ2v) is 8.51. The number of methoxy groups -OCH3 is 1. The van der Waals surface area contributed by atoms with Gasteiger partial charge in [0.15, 0.2) is 11.0 Å². The van der Waals surface area contributed by atoms with Gasteiger partial charge in [0.25, 0.3) is 0 Å². The Morgan fingerprint density at radius 2 is 2.03 bits per heavy atom. The summed E-state index contributed by atoms with van der Waals surface area (Å²) in [5.74, 6) is 2.41. The summed E-state index contributed by atoms with van der Waals surface area (Å²) in [6.07, 6.45) is 1.87. The van der Waals surface area contributed by atoms with Gasteiger partial charge < -0.3 is 4.74 Å². The van der Waals surface area contributed by atoms with Crippen LogP contribution in [0.25, 0.3) is 22.0 Å². The molecule has 0 radical (unpaired) electrons. The molecule has 4 rings (SSSR count). The number of rotatable bonds is 8. The molecule has 0 amide bonds. The predicted molar refractivity (Wildman–Crippen MR) is 124 cm³/mol. The van der Waals surface area contributed by atoms with Crippen molar-refractivity contribution in [3.05, 3.63) is 77.8 Å². The van der Waals surface area contributed by atoms with Gasteiger partial charge in [-0.1, -0.05) is 53.7 Å². The zero-order valence-corrected chi connectivity index (χ0v) is 18.5. The lowest BCUT2D eigenvalue weighted by molar-refractivity contribution is 0.416. The first-order valence-electron chi connectivity index (χ1n) is 9.51. The monoisotopic (exact) mass is 434 g/mol. The number of hydrogen-bond acceptors (Lipinski definition) is 6. The number of benzene rings is 2. The molecule has 0 saturated carbocycles. The molecule has 0 spiro atoms. The van der Waals surface area contributed by atoms with E-state index in [1.54, 1.807) is 30.2 Å². The second-order valence-electron chi connectivity index (χ2n) is 6.71. The van der Waals surface area contributed by atoms with Gasteiger partial charge in [0, 0.05) is 23.2 Å². The Labute approximate surface area is 184 Å². The van der Waals surface area contributed by atoms with E-state index in [-0.39, 0.29) is 0 Å². The van der Waals surface area contributed by atoms with Crippen LogP contribution in [-0.2, 0) is 12.3 Å². The molecule has 0 aliphatic rings. The van der Waals surface area contributed by atoms with Crippen LogP contribution in [0, 0.1) is 6.92 Å². The molecule has 30 heavy (non-hydrogen) atoms. The van der Waals surface area contributed by atoms with E-state index in [4.69, 9.17) is 9.72 Å². The van der Waals surface area contributed by atoms with E-state index in [9.17, 15) is 0 Å². The molecule has 0 saturated heterocycles. The Morgan fingerprint density at radius 3 is 2.83 bits per heavy atom. The Balaban J connectivity index is 1.55. The number of ether oxygens (including phenoxy) is 1. The minimum Gasteiger partial charge on any atom is -0.496 e. The van der Waals surface area contributed by atoms with Gasteiger partial charge in [0.2, 0.25) is 0 Å². The fourth-order valence-corrected chi connectivity index (χ4v) is 4.94. The molecular weight excluding hydrogens is 412 g/mol. The van der Waals surface area contributed by atoms with E-state index in [0.29, 0.717) is 6.54 Å². The molecule has 2 heterocycles. The van der Waals surface area contributed by atoms with Crippen LogP contribution in [0.4, 0.5) is 0 Å². The van der Waals surface area contributed by atoms with Crippen LogP contribution in [0.5, 0.6) is 5.75 Å². The molecule has 0 aliphatic heterocycles. The summed E-state index contributed by atoms with van der Waals surface area (Å²) in [6.45, 7) is 6.63. The zero-order valence-electron chi connectivity index (χ0n) is 16.9. The zero-order chi connectivity index (χ0) is 20.9. The second kappa shape index (κ2) is 9.28. The molecule has 0 fully saturated rings. The van der Waals surface area contributed by atoms with Crippen molar-refractivity contribution < 1.29 is 4.74 Å². The van der Waals surface area contributed by atoms with Crippen molar-refractivity contribution in [2.45, 2.75) is 24.4 Å². The van der Waals surface area contributed by atoms with Gasteiger partial charge in [0.05, 0.1) is 18.4 Å². The molecule has 2 aromatic heterocycles. The first kappa shape index (κ1) is 20.4. The van der Waals surface area contributed by atoms with Gasteiger partial charge in [0.1, 0.15) is 10.8 Å². The number of thiazole rings is 1. The van der Waals surface area contributed by atoms with E-state index < -0.39 is 0 Å². The van der Waals surface area contributed by atoms with Crippen LogP contribution < -0.4 is 4.74 Å². The van der Waals surface area contributed by atoms with Gasteiger partial charge in [-0.15, -0.1) is 28.1 Å². The van der Waals surface area contributed by atoms with Gasteiger partial charge in [-0.2, -0.15) is 0 Å². The van der Waals surface area contributed by atoms with Crippen molar-refractivity contribution >= 4 is 23.1 Å². The SMILES string of the molecule is C=CCn1c(SCc2csc(-c3ccccc3OC)n2)nnc1-c1cccc(C)c1. The molecule has 0 atom stereocenters. The lowest BCUT2D eigenvalue weighted by atomic mass is 10.1. The molecule has 0 unspecified atom stereocenters. The standard InChI is InChI=1S/C23H22N4OS2/c1-4-12-27-21(17-9-7-8-16(2)13-17)25-26-23(27)30-15-18-14-29-22(24-18)19-10-5-6-11-20(19)28-3/h4-11,13-14H,1,12,15H2,2-3H3. The molecule has 5 nitrogen and oxygen atoms in total. The number of para-hydroxylation sites is 1. The normalized spacial score (nSPS) is 10.9. The summed E-state index contributed by atoms with van der Waals surface area (Å²) in [7, 11) is 1.68. The van der Waals surface area contributed by atoms with Crippen molar-refractivity contribution in [3.8, 4) is 27.7 Å². The number of thioether (sulfide) groups is 1. The van der Waals surface area contributed by atoms with Gasteiger partial charge in [-0.05, 0) is 25.1 Å². The van der Waals surface area contributed by atoms with Crippen molar-refractivity contribution in [2.24, 2.45) is 0 Å². The Morgan fingerprint density at radius 1 is 1.17 bits per heavy atom. The number of nitrogens with zero attached hydrogens (tertiary/aromatic N) is 4. The maximum absolute atomic E-state index is 5.46. The van der Waals surface area contributed by atoms with E-state index in [1.165, 1.54) is 5.56 Å². The fraction of sp³-hybridized carbons (Fsp3) is 0.174. The smallest absolute Gasteiger partial charge is 0.192 e. The maximum Gasteiger partial charge on any atom is 0.192 e. The highest BCUT2D eigenvalue weighted by atomic mass is 32.2. The van der Waals surface area contributed by atoms with Crippen molar-refractivity contribution in [1.29, 1.82) is 0 Å². The summed E-state index contributed by atoms with van der Waals surface area (Å²) in [5.41, 5.74) is 4.28. The minimum absolute atomic E-state index is 0.655. The minimum atomic E-state index is 0.655. The van der Waals surface area contributed by atoms with E-state index in [0.717, 1.165) is 44.3 Å². The number of hydrogen-bond donors (Lipinski definition) is 0. The van der Waals surface area contributed by atoms with Crippen LogP contribution in [0.2, 0.25) is 0 Å². The van der Waals surface area contributed by atoms with Gasteiger partial charge in [-0.25, -0.2) is 4.98 Å².